The highest BCUT2D eigenvalue weighted by Gasteiger charge is 2.58. The third-order valence-corrected chi connectivity index (χ3v) is 23.0. The molecule has 0 amide bonds. The first-order chi connectivity index (χ1) is 35.4. The quantitative estimate of drug-likeness (QED) is 0.163. The van der Waals surface area contributed by atoms with Gasteiger partial charge in [0.1, 0.15) is 0 Å². The molecule has 2 bridgehead atoms. The van der Waals surface area contributed by atoms with Gasteiger partial charge in [-0.05, 0) is 201 Å². The molecule has 4 heterocycles. The number of rotatable bonds is 3. The molecule has 75 heavy (non-hydrogen) atoms. The maximum atomic E-state index is 2.85. The monoisotopic (exact) mass is 1010 g/mol. The van der Waals surface area contributed by atoms with E-state index >= 15 is 0 Å². The van der Waals surface area contributed by atoms with Crippen molar-refractivity contribution in [2.24, 2.45) is 0 Å². The van der Waals surface area contributed by atoms with E-state index < -0.39 is 0 Å². The molecule has 2 unspecified atom stereocenters. The molecule has 0 saturated heterocycles. The van der Waals surface area contributed by atoms with Crippen molar-refractivity contribution in [3.05, 3.63) is 148 Å². The molecule has 15 rings (SSSR count). The molecule has 0 radical (unpaired) electrons. The fourth-order valence-electron chi connectivity index (χ4n) is 16.5. The Hall–Kier alpha value is -5.26. The predicted octanol–water partition coefficient (Wildman–Crippen LogP) is 17.8. The Morgan fingerprint density at radius 3 is 1.75 bits per heavy atom. The van der Waals surface area contributed by atoms with E-state index in [0.29, 0.717) is 0 Å². The molecule has 1 aromatic heterocycles. The first-order valence-corrected chi connectivity index (χ1v) is 29.9. The van der Waals surface area contributed by atoms with Gasteiger partial charge in [-0.15, -0.1) is 11.3 Å². The summed E-state index contributed by atoms with van der Waals surface area (Å²) in [5, 5.41) is 1.44. The minimum absolute atomic E-state index is 0.0223. The Bertz CT molecular complexity index is 3570. The van der Waals surface area contributed by atoms with Gasteiger partial charge >= 0.3 is 0 Å². The van der Waals surface area contributed by atoms with Crippen LogP contribution >= 0.6 is 11.3 Å². The van der Waals surface area contributed by atoms with Gasteiger partial charge in [-0.25, -0.2) is 0 Å². The van der Waals surface area contributed by atoms with Gasteiger partial charge < -0.3 is 14.7 Å². The number of hydrogen-bond acceptors (Lipinski definition) is 4. The third-order valence-electron chi connectivity index (χ3n) is 21.8. The van der Waals surface area contributed by atoms with Gasteiger partial charge in [0.05, 0.1) is 11.2 Å². The van der Waals surface area contributed by atoms with Crippen LogP contribution < -0.4 is 30.4 Å². The van der Waals surface area contributed by atoms with Crippen molar-refractivity contribution in [1.82, 2.24) is 0 Å². The first kappa shape index (κ1) is 48.1. The number of nitrogens with zero attached hydrogens (tertiary/aromatic N) is 3. The summed E-state index contributed by atoms with van der Waals surface area (Å²) in [6.45, 7) is 34.6. The molecule has 2 atom stereocenters. The van der Waals surface area contributed by atoms with Crippen LogP contribution in [0.3, 0.4) is 0 Å². The lowest BCUT2D eigenvalue weighted by molar-refractivity contribution is 0.188. The van der Waals surface area contributed by atoms with Crippen molar-refractivity contribution in [1.29, 1.82) is 0 Å². The zero-order valence-corrected chi connectivity index (χ0v) is 48.6. The van der Waals surface area contributed by atoms with Gasteiger partial charge in [-0.3, -0.25) is 0 Å². The van der Waals surface area contributed by atoms with Crippen molar-refractivity contribution in [3.8, 4) is 0 Å². The topological polar surface area (TPSA) is 9.72 Å². The minimum Gasteiger partial charge on any atom is -0.334 e. The lowest BCUT2D eigenvalue weighted by atomic mass is 9.36. The fourth-order valence-corrected chi connectivity index (χ4v) is 17.8. The minimum atomic E-state index is -0.103. The van der Waals surface area contributed by atoms with Gasteiger partial charge in [0.25, 0.3) is 6.71 Å². The molecule has 5 aliphatic carbocycles. The summed E-state index contributed by atoms with van der Waals surface area (Å²) in [7, 11) is 0. The average Bonchev–Trinajstić information content (AvgIpc) is 3.86. The van der Waals surface area contributed by atoms with Crippen LogP contribution in [-0.2, 0) is 37.9 Å². The van der Waals surface area contributed by atoms with Crippen LogP contribution in [0, 0.1) is 0 Å². The van der Waals surface area contributed by atoms with E-state index in [0.717, 1.165) is 6.42 Å². The maximum absolute atomic E-state index is 2.85. The van der Waals surface area contributed by atoms with E-state index in [4.69, 9.17) is 0 Å². The van der Waals surface area contributed by atoms with Crippen LogP contribution in [0.4, 0.5) is 45.5 Å². The second-order valence-corrected chi connectivity index (χ2v) is 30.4. The van der Waals surface area contributed by atoms with E-state index in [1.165, 1.54) is 157 Å². The number of anilines is 8. The smallest absolute Gasteiger partial charge is 0.264 e. The highest BCUT2D eigenvalue weighted by Crippen LogP contribution is 2.63. The molecule has 5 heteroatoms. The SMILES string of the molecule is CC(C)(C)c1ccc(N2c3ccc(C(C)(C)C)cc3B3c4sc5cc6c(cc5c4N(c4ccc5c(c4)C(C)(C)CCC5(C)C)c4cc(N5c7ccccc7C7(C)CCCCC57C)cc2c43)C2(C)CCC6(C)CC2)cc1. The molecular formula is C70H80BN3S. The molecule has 2 saturated carbocycles. The molecule has 3 nitrogen and oxygen atoms in total. The van der Waals surface area contributed by atoms with Crippen LogP contribution in [0.5, 0.6) is 0 Å². The summed E-state index contributed by atoms with van der Waals surface area (Å²) < 4.78 is 2.94. The van der Waals surface area contributed by atoms with Gasteiger partial charge in [-0.2, -0.15) is 0 Å². The second-order valence-electron chi connectivity index (χ2n) is 29.3. The van der Waals surface area contributed by atoms with E-state index in [-0.39, 0.29) is 50.2 Å². The van der Waals surface area contributed by atoms with Gasteiger partial charge in [-0.1, -0.05) is 151 Å². The maximum Gasteiger partial charge on any atom is 0.264 e. The fraction of sp³-hybridized carbons (Fsp3) is 0.457. The van der Waals surface area contributed by atoms with Gasteiger partial charge in [0.15, 0.2) is 0 Å². The summed E-state index contributed by atoms with van der Waals surface area (Å²) >= 11 is 2.11. The predicted molar refractivity (Wildman–Crippen MR) is 325 cm³/mol. The average molecular weight is 1010 g/mol. The van der Waals surface area contributed by atoms with Crippen LogP contribution in [-0.4, -0.2) is 12.3 Å². The molecule has 6 aromatic carbocycles. The normalized spacial score (nSPS) is 26.6. The number of thiophene rings is 1. The van der Waals surface area contributed by atoms with E-state index in [1.54, 1.807) is 11.1 Å². The van der Waals surface area contributed by atoms with Gasteiger partial charge in [0.2, 0.25) is 0 Å². The Balaban J connectivity index is 1.13. The van der Waals surface area contributed by atoms with Crippen LogP contribution in [0.1, 0.15) is 200 Å². The summed E-state index contributed by atoms with van der Waals surface area (Å²) in [5.41, 5.74) is 24.5. The molecular weight excluding hydrogens is 926 g/mol. The first-order valence-electron chi connectivity index (χ1n) is 29.0. The standard InChI is InChI=1S/C70H80BN3S/c1-63(2,3)43-21-24-45(25-22-43)72-56-28-23-44(64(4,5)6)37-54(56)71-60-57(72)39-47(74-55-20-16-15-19-50(55)69(13)29-17-18-30-70(69,74)14)40-58(60)73(46-26-27-49-51(38-46)66(9,10)32-31-65(49,7)8)61-48-41-52-53(42-59(48)75-62(61)71)68(12)35-33-67(52,11)34-36-68/h15-16,19-28,37-42H,17-18,29-36H2,1-14H3. The molecule has 3 aliphatic heterocycles. The zero-order chi connectivity index (χ0) is 52.4. The molecule has 8 aliphatic rings. The van der Waals surface area contributed by atoms with Crippen molar-refractivity contribution in [2.45, 2.75) is 205 Å². The largest absolute Gasteiger partial charge is 0.334 e. The molecule has 0 spiro atoms. The van der Waals surface area contributed by atoms with Crippen LogP contribution in [0.25, 0.3) is 10.1 Å². The number of hydrogen-bond donors (Lipinski definition) is 0. The zero-order valence-electron chi connectivity index (χ0n) is 47.8. The lowest BCUT2D eigenvalue weighted by Crippen LogP contribution is -2.61. The van der Waals surface area contributed by atoms with E-state index in [1.807, 2.05) is 0 Å². The Kier molecular flexibility index (Phi) is 9.80. The molecule has 384 valence electrons. The van der Waals surface area contributed by atoms with E-state index in [2.05, 4.69) is 232 Å². The molecule has 0 N–H and O–H groups in total. The Labute approximate surface area is 454 Å². The van der Waals surface area contributed by atoms with Crippen LogP contribution in [0.2, 0.25) is 0 Å². The Morgan fingerprint density at radius 1 is 0.467 bits per heavy atom. The van der Waals surface area contributed by atoms with Crippen molar-refractivity contribution < 1.29 is 0 Å². The van der Waals surface area contributed by atoms with Crippen molar-refractivity contribution >= 4 is 89.3 Å². The number of para-hydroxylation sites is 1. The molecule has 2 fully saturated rings. The van der Waals surface area contributed by atoms with Crippen molar-refractivity contribution in [3.63, 3.8) is 0 Å². The second kappa shape index (κ2) is 15.3. The van der Waals surface area contributed by atoms with E-state index in [9.17, 15) is 0 Å². The summed E-state index contributed by atoms with van der Waals surface area (Å²) in [4.78, 5) is 8.36. The highest BCUT2D eigenvalue weighted by molar-refractivity contribution is 7.33. The highest BCUT2D eigenvalue weighted by atomic mass is 32.1. The summed E-state index contributed by atoms with van der Waals surface area (Å²) in [6.07, 6.45) is 12.4. The third kappa shape index (κ3) is 6.52. The number of fused-ring (bicyclic) bond motifs is 12. The van der Waals surface area contributed by atoms with Crippen LogP contribution in [0.15, 0.2) is 109 Å². The lowest BCUT2D eigenvalue weighted by Gasteiger charge is -2.52. The summed E-state index contributed by atoms with van der Waals surface area (Å²) in [5.74, 6) is 0. The van der Waals surface area contributed by atoms with Gasteiger partial charge in [0, 0.05) is 60.1 Å². The van der Waals surface area contributed by atoms with Crippen molar-refractivity contribution in [2.75, 3.05) is 14.7 Å². The number of benzene rings is 6. The molecule has 7 aromatic rings. The Morgan fingerprint density at radius 2 is 1.07 bits per heavy atom. The summed E-state index contributed by atoms with van der Waals surface area (Å²) in [6, 6.07) is 45.2.